The minimum atomic E-state index is -0.263. The molecular weight excluding hydrogens is 234 g/mol. The van der Waals surface area contributed by atoms with Crippen molar-refractivity contribution >= 4 is 8.80 Å². The van der Waals surface area contributed by atoms with Crippen molar-refractivity contribution in [2.75, 3.05) is 20.6 Å². The zero-order valence-electron chi connectivity index (χ0n) is 13.5. The molecule has 0 N–H and O–H groups in total. The average molecular weight is 272 g/mol. The molecule has 0 bridgehead atoms. The van der Waals surface area contributed by atoms with Gasteiger partial charge in [0.2, 0.25) is 0 Å². The largest absolute Gasteiger partial charge is 0.309 e. The molecule has 0 amide bonds. The van der Waals surface area contributed by atoms with Crippen molar-refractivity contribution < 1.29 is 0 Å². The number of hydrogen-bond acceptors (Lipinski definition) is 1. The van der Waals surface area contributed by atoms with E-state index >= 15 is 0 Å². The number of nitrogens with zero attached hydrogens (tertiary/aromatic N) is 1. The summed E-state index contributed by atoms with van der Waals surface area (Å²) < 4.78 is 0. The van der Waals surface area contributed by atoms with Crippen molar-refractivity contribution in [2.24, 2.45) is 0 Å². The van der Waals surface area contributed by atoms with Gasteiger partial charge in [-0.3, -0.25) is 0 Å². The lowest BCUT2D eigenvalue weighted by Gasteiger charge is -2.08. The Morgan fingerprint density at radius 3 is 1.39 bits per heavy atom. The molecular formula is C16H37NSi. The second-order valence-corrected chi connectivity index (χ2v) is 9.89. The van der Waals surface area contributed by atoms with Crippen molar-refractivity contribution in [2.45, 2.75) is 83.3 Å². The molecule has 0 rings (SSSR count). The van der Waals surface area contributed by atoms with Gasteiger partial charge in [0, 0.05) is 8.80 Å². The van der Waals surface area contributed by atoms with E-state index in [2.05, 4.69) is 32.1 Å². The van der Waals surface area contributed by atoms with E-state index in [1.54, 1.807) is 6.04 Å². The summed E-state index contributed by atoms with van der Waals surface area (Å²) in [4.78, 5) is 2.29. The smallest absolute Gasteiger partial charge is 0.0305 e. The summed E-state index contributed by atoms with van der Waals surface area (Å²) in [6, 6.07) is 1.56. The first-order chi connectivity index (χ1) is 8.63. The topological polar surface area (TPSA) is 3.24 Å². The third kappa shape index (κ3) is 16.2. The van der Waals surface area contributed by atoms with Crippen molar-refractivity contribution in [3.8, 4) is 0 Å². The lowest BCUT2D eigenvalue weighted by molar-refractivity contribution is 0.389. The molecule has 0 spiro atoms. The van der Waals surface area contributed by atoms with E-state index < -0.39 is 0 Å². The quantitative estimate of drug-likeness (QED) is 0.339. The molecule has 0 aliphatic heterocycles. The van der Waals surface area contributed by atoms with Crippen LogP contribution in [0, 0.1) is 0 Å². The first kappa shape index (κ1) is 18.2. The van der Waals surface area contributed by atoms with Gasteiger partial charge in [-0.15, -0.1) is 0 Å². The minimum Gasteiger partial charge on any atom is -0.309 e. The van der Waals surface area contributed by atoms with Crippen LogP contribution < -0.4 is 0 Å². The van der Waals surface area contributed by atoms with Crippen LogP contribution in [-0.4, -0.2) is 34.3 Å². The summed E-state index contributed by atoms with van der Waals surface area (Å²) in [7, 11) is 4.07. The van der Waals surface area contributed by atoms with Crippen LogP contribution in [0.3, 0.4) is 0 Å². The normalized spacial score (nSPS) is 11.7. The highest BCUT2D eigenvalue weighted by molar-refractivity contribution is 6.55. The van der Waals surface area contributed by atoms with E-state index in [0.29, 0.717) is 0 Å². The maximum Gasteiger partial charge on any atom is 0.0305 e. The Morgan fingerprint density at radius 2 is 1.00 bits per heavy atom. The van der Waals surface area contributed by atoms with Crippen LogP contribution in [0.2, 0.25) is 19.1 Å². The number of rotatable bonds is 13. The maximum atomic E-state index is 2.47. The Hall–Kier alpha value is 0.177. The van der Waals surface area contributed by atoms with Crippen LogP contribution in [0.5, 0.6) is 0 Å². The van der Waals surface area contributed by atoms with E-state index in [0.717, 1.165) is 0 Å². The summed E-state index contributed by atoms with van der Waals surface area (Å²) in [6.07, 6.45) is 14.7. The molecule has 0 unspecified atom stereocenters. The van der Waals surface area contributed by atoms with Crippen LogP contribution in [0.15, 0.2) is 0 Å². The lowest BCUT2D eigenvalue weighted by atomic mass is 10.1. The molecule has 2 heteroatoms. The lowest BCUT2D eigenvalue weighted by Crippen LogP contribution is -2.12. The van der Waals surface area contributed by atoms with Crippen LogP contribution in [0.25, 0.3) is 0 Å². The molecule has 0 aromatic carbocycles. The molecule has 0 aromatic heterocycles. The van der Waals surface area contributed by atoms with E-state index in [1.807, 2.05) is 0 Å². The van der Waals surface area contributed by atoms with Gasteiger partial charge in [-0.25, -0.2) is 0 Å². The SMILES string of the molecule is CN(C)CCCCCCCCCCCC[SiH](C)C. The van der Waals surface area contributed by atoms with E-state index in [1.165, 1.54) is 70.8 Å². The predicted molar refractivity (Wildman–Crippen MR) is 88.4 cm³/mol. The van der Waals surface area contributed by atoms with Crippen LogP contribution in [0.4, 0.5) is 0 Å². The Bertz CT molecular complexity index is 139. The summed E-state index contributed by atoms with van der Waals surface area (Å²) in [6.45, 7) is 6.20. The number of hydrogen-bond donors (Lipinski definition) is 0. The second kappa shape index (κ2) is 13.6. The molecule has 110 valence electrons. The van der Waals surface area contributed by atoms with E-state index in [4.69, 9.17) is 0 Å². The van der Waals surface area contributed by atoms with Gasteiger partial charge in [0.05, 0.1) is 0 Å². The highest BCUT2D eigenvalue weighted by Gasteiger charge is 1.96. The fourth-order valence-electron chi connectivity index (χ4n) is 2.39. The third-order valence-electron chi connectivity index (χ3n) is 3.64. The van der Waals surface area contributed by atoms with Gasteiger partial charge in [-0.1, -0.05) is 76.9 Å². The second-order valence-electron chi connectivity index (χ2n) is 6.52. The Balaban J connectivity index is 2.95. The molecule has 0 aliphatic rings. The molecule has 0 aromatic rings. The minimum absolute atomic E-state index is 0.263. The molecule has 1 nitrogen and oxygen atoms in total. The van der Waals surface area contributed by atoms with E-state index in [9.17, 15) is 0 Å². The summed E-state index contributed by atoms with van der Waals surface area (Å²) in [5, 5.41) is 0. The maximum absolute atomic E-state index is 2.47. The third-order valence-corrected chi connectivity index (χ3v) is 5.20. The Labute approximate surface area is 118 Å². The molecule has 0 aliphatic carbocycles. The van der Waals surface area contributed by atoms with Gasteiger partial charge >= 0.3 is 0 Å². The first-order valence-corrected chi connectivity index (χ1v) is 11.4. The van der Waals surface area contributed by atoms with Gasteiger partial charge in [0.15, 0.2) is 0 Å². The summed E-state index contributed by atoms with van der Waals surface area (Å²) >= 11 is 0. The summed E-state index contributed by atoms with van der Waals surface area (Å²) in [5.74, 6) is 0. The molecule has 0 saturated heterocycles. The highest BCUT2D eigenvalue weighted by Crippen LogP contribution is 2.12. The van der Waals surface area contributed by atoms with Gasteiger partial charge < -0.3 is 4.90 Å². The molecule has 0 saturated carbocycles. The van der Waals surface area contributed by atoms with Crippen molar-refractivity contribution in [3.05, 3.63) is 0 Å². The van der Waals surface area contributed by atoms with Crippen molar-refractivity contribution in [1.82, 2.24) is 4.90 Å². The van der Waals surface area contributed by atoms with Crippen LogP contribution >= 0.6 is 0 Å². The Kier molecular flexibility index (Phi) is 13.7. The van der Waals surface area contributed by atoms with E-state index in [-0.39, 0.29) is 8.80 Å². The van der Waals surface area contributed by atoms with Gasteiger partial charge in [0.1, 0.15) is 0 Å². The highest BCUT2D eigenvalue weighted by atomic mass is 28.3. The molecule has 0 fully saturated rings. The monoisotopic (exact) mass is 271 g/mol. The summed E-state index contributed by atoms with van der Waals surface area (Å²) in [5.41, 5.74) is 0. The van der Waals surface area contributed by atoms with Crippen molar-refractivity contribution in [1.29, 1.82) is 0 Å². The molecule has 0 heterocycles. The van der Waals surface area contributed by atoms with Gasteiger partial charge in [-0.05, 0) is 27.1 Å². The zero-order chi connectivity index (χ0) is 13.6. The van der Waals surface area contributed by atoms with Crippen LogP contribution in [0.1, 0.15) is 64.2 Å². The number of unbranched alkanes of at least 4 members (excludes halogenated alkanes) is 9. The zero-order valence-corrected chi connectivity index (χ0v) is 14.7. The predicted octanol–water partition coefficient (Wildman–Crippen LogP) is 4.94. The van der Waals surface area contributed by atoms with Crippen molar-refractivity contribution in [3.63, 3.8) is 0 Å². The van der Waals surface area contributed by atoms with Gasteiger partial charge in [-0.2, -0.15) is 0 Å². The molecule has 0 radical (unpaired) electrons. The first-order valence-electron chi connectivity index (χ1n) is 8.27. The van der Waals surface area contributed by atoms with Crippen LogP contribution in [-0.2, 0) is 0 Å². The average Bonchev–Trinajstić information content (AvgIpc) is 2.29. The fraction of sp³-hybridized carbons (Fsp3) is 1.00. The molecule has 18 heavy (non-hydrogen) atoms. The Morgan fingerprint density at radius 1 is 0.611 bits per heavy atom. The molecule has 0 atom stereocenters. The van der Waals surface area contributed by atoms with Gasteiger partial charge in [0.25, 0.3) is 0 Å². The fourth-order valence-corrected chi connectivity index (χ4v) is 3.50. The standard InChI is InChI=1S/C16H37NSi/c1-17(2)15-13-11-9-7-5-6-8-10-12-14-16-18(3)4/h18H,5-16H2,1-4H3.